The molecule has 0 bridgehead atoms. The molecule has 0 aromatic rings. The Labute approximate surface area is 69.2 Å². The molecule has 0 aromatic heterocycles. The van der Waals surface area contributed by atoms with Crippen LogP contribution in [0.4, 0.5) is 0 Å². The average Bonchev–Trinajstić information content (AvgIpc) is 1.86. The van der Waals surface area contributed by atoms with E-state index in [9.17, 15) is 5.11 Å². The van der Waals surface area contributed by atoms with Crippen molar-refractivity contribution in [1.29, 1.82) is 0 Å². The third kappa shape index (κ3) is 5.22. The normalized spacial score (nSPS) is 19.4. The van der Waals surface area contributed by atoms with Crippen LogP contribution in [-0.4, -0.2) is 22.4 Å². The molecule has 2 atom stereocenters. The second-order valence-corrected chi connectivity index (χ2v) is 3.74. The second kappa shape index (κ2) is 4.73. The molecule has 0 amide bonds. The predicted molar refractivity (Wildman–Crippen MR) is 46.4 cm³/mol. The molecule has 0 aromatic carbocycles. The zero-order valence-electron chi connectivity index (χ0n) is 7.80. The molecule has 0 spiro atoms. The second-order valence-electron chi connectivity index (χ2n) is 3.74. The van der Waals surface area contributed by atoms with Gasteiger partial charge in [-0.15, -0.1) is 0 Å². The Morgan fingerprint density at radius 3 is 2.36 bits per heavy atom. The molecule has 0 fully saturated rings. The predicted octanol–water partition coefficient (Wildman–Crippen LogP) is 1.56. The summed E-state index contributed by atoms with van der Waals surface area (Å²) in [4.78, 5) is 0. The van der Waals surface area contributed by atoms with Crippen molar-refractivity contribution in [2.45, 2.75) is 45.6 Å². The summed E-state index contributed by atoms with van der Waals surface area (Å²) >= 11 is 0. The van der Waals surface area contributed by atoms with E-state index in [1.807, 2.05) is 13.8 Å². The van der Waals surface area contributed by atoms with Crippen molar-refractivity contribution in [1.82, 2.24) is 0 Å². The lowest BCUT2D eigenvalue weighted by atomic mass is 9.90. The topological polar surface area (TPSA) is 40.5 Å². The summed E-state index contributed by atoms with van der Waals surface area (Å²) in [5, 5.41) is 18.5. The molecule has 0 rings (SSSR count). The minimum absolute atomic E-state index is 0.167. The molecule has 0 saturated heterocycles. The van der Waals surface area contributed by atoms with E-state index >= 15 is 0 Å². The summed E-state index contributed by atoms with van der Waals surface area (Å²) in [6.45, 7) is 6.00. The van der Waals surface area contributed by atoms with E-state index in [1.165, 1.54) is 0 Å². The van der Waals surface area contributed by atoms with Crippen LogP contribution >= 0.6 is 0 Å². The van der Waals surface area contributed by atoms with Crippen LogP contribution in [0.5, 0.6) is 0 Å². The maximum atomic E-state index is 9.70. The third-order valence-electron chi connectivity index (χ3n) is 1.89. The molecule has 2 heteroatoms. The lowest BCUT2D eigenvalue weighted by Crippen LogP contribution is -2.27. The molecule has 0 heterocycles. The maximum absolute atomic E-state index is 9.70. The van der Waals surface area contributed by atoms with Crippen molar-refractivity contribution in [3.05, 3.63) is 0 Å². The van der Waals surface area contributed by atoms with Crippen molar-refractivity contribution in [2.24, 2.45) is 5.92 Å². The maximum Gasteiger partial charge on any atom is 0.0623 e. The summed E-state index contributed by atoms with van der Waals surface area (Å²) < 4.78 is 0. The van der Waals surface area contributed by atoms with Crippen LogP contribution < -0.4 is 0 Å². The zero-order valence-corrected chi connectivity index (χ0v) is 7.80. The fraction of sp³-hybridized carbons (Fsp3) is 1.00. The fourth-order valence-corrected chi connectivity index (χ4v) is 1.46. The zero-order chi connectivity index (χ0) is 8.91. The van der Waals surface area contributed by atoms with E-state index in [0.29, 0.717) is 6.42 Å². The van der Waals surface area contributed by atoms with Gasteiger partial charge in [-0.25, -0.2) is 0 Å². The largest absolute Gasteiger partial charge is 0.396 e. The monoisotopic (exact) mass is 160 g/mol. The van der Waals surface area contributed by atoms with Gasteiger partial charge in [0.2, 0.25) is 0 Å². The van der Waals surface area contributed by atoms with E-state index in [2.05, 4.69) is 6.92 Å². The lowest BCUT2D eigenvalue weighted by molar-refractivity contribution is 0.0182. The Hall–Kier alpha value is -0.0800. The summed E-state index contributed by atoms with van der Waals surface area (Å²) in [5.41, 5.74) is -0.586. The molecule has 2 nitrogen and oxygen atoms in total. The number of aliphatic hydroxyl groups excluding tert-OH is 1. The molecule has 11 heavy (non-hydrogen) atoms. The van der Waals surface area contributed by atoms with Crippen LogP contribution in [0.15, 0.2) is 0 Å². The molecule has 0 aliphatic rings. The summed E-state index contributed by atoms with van der Waals surface area (Å²) in [7, 11) is 0. The van der Waals surface area contributed by atoms with Crippen LogP contribution in [0.2, 0.25) is 0 Å². The molecular weight excluding hydrogens is 140 g/mol. The number of aliphatic hydroxyl groups is 2. The highest BCUT2D eigenvalue weighted by molar-refractivity contribution is 4.74. The number of rotatable bonds is 5. The van der Waals surface area contributed by atoms with Crippen molar-refractivity contribution >= 4 is 0 Å². The van der Waals surface area contributed by atoms with Gasteiger partial charge in [-0.05, 0) is 25.7 Å². The van der Waals surface area contributed by atoms with Crippen LogP contribution in [0.3, 0.4) is 0 Å². The smallest absolute Gasteiger partial charge is 0.0623 e. The van der Waals surface area contributed by atoms with Crippen molar-refractivity contribution < 1.29 is 10.2 Å². The van der Waals surface area contributed by atoms with Gasteiger partial charge < -0.3 is 10.2 Å². The highest BCUT2D eigenvalue weighted by Gasteiger charge is 2.21. The fourth-order valence-electron chi connectivity index (χ4n) is 1.46. The lowest BCUT2D eigenvalue weighted by Gasteiger charge is -2.25. The van der Waals surface area contributed by atoms with E-state index in [4.69, 9.17) is 5.11 Å². The van der Waals surface area contributed by atoms with Crippen LogP contribution in [0.25, 0.3) is 0 Å². The molecule has 0 saturated carbocycles. The van der Waals surface area contributed by atoms with Gasteiger partial charge in [-0.1, -0.05) is 20.3 Å². The standard InChI is InChI=1S/C9H20O2/c1-4-5-9(3,11)6-8(2)7-10/h8,10-11H,4-7H2,1-3H3. The Morgan fingerprint density at radius 1 is 1.45 bits per heavy atom. The molecule has 0 radical (unpaired) electrons. The van der Waals surface area contributed by atoms with Gasteiger partial charge in [-0.2, -0.15) is 0 Å². The molecule has 68 valence electrons. The van der Waals surface area contributed by atoms with Crippen LogP contribution in [-0.2, 0) is 0 Å². The highest BCUT2D eigenvalue weighted by atomic mass is 16.3. The number of hydrogen-bond acceptors (Lipinski definition) is 2. The van der Waals surface area contributed by atoms with Gasteiger partial charge in [-0.3, -0.25) is 0 Å². The molecular formula is C9H20O2. The van der Waals surface area contributed by atoms with Crippen LogP contribution in [0.1, 0.15) is 40.0 Å². The minimum atomic E-state index is -0.586. The SMILES string of the molecule is CCCC(C)(O)CC(C)CO. The molecule has 0 aliphatic carbocycles. The van der Waals surface area contributed by atoms with Crippen molar-refractivity contribution in [3.8, 4) is 0 Å². The average molecular weight is 160 g/mol. The Bertz CT molecular complexity index is 99.7. The van der Waals surface area contributed by atoms with Gasteiger partial charge in [0.1, 0.15) is 0 Å². The Morgan fingerprint density at radius 2 is 2.00 bits per heavy atom. The van der Waals surface area contributed by atoms with Crippen LogP contribution in [0, 0.1) is 5.92 Å². The Kier molecular flexibility index (Phi) is 4.69. The van der Waals surface area contributed by atoms with Crippen molar-refractivity contribution in [3.63, 3.8) is 0 Å². The first kappa shape index (κ1) is 10.9. The van der Waals surface area contributed by atoms with Crippen molar-refractivity contribution in [2.75, 3.05) is 6.61 Å². The molecule has 0 aliphatic heterocycles. The van der Waals surface area contributed by atoms with Gasteiger partial charge in [0.15, 0.2) is 0 Å². The van der Waals surface area contributed by atoms with E-state index in [0.717, 1.165) is 12.8 Å². The van der Waals surface area contributed by atoms with Gasteiger partial charge in [0.05, 0.1) is 5.60 Å². The minimum Gasteiger partial charge on any atom is -0.396 e. The van der Waals surface area contributed by atoms with E-state index in [1.54, 1.807) is 0 Å². The Balaban J connectivity index is 3.70. The summed E-state index contributed by atoms with van der Waals surface area (Å²) in [6.07, 6.45) is 2.50. The third-order valence-corrected chi connectivity index (χ3v) is 1.89. The van der Waals surface area contributed by atoms with E-state index < -0.39 is 5.60 Å². The summed E-state index contributed by atoms with van der Waals surface area (Å²) in [6, 6.07) is 0. The van der Waals surface area contributed by atoms with Gasteiger partial charge in [0, 0.05) is 6.61 Å². The first-order chi connectivity index (χ1) is 5.02. The summed E-state index contributed by atoms with van der Waals surface area (Å²) in [5.74, 6) is 0.205. The number of hydrogen-bond donors (Lipinski definition) is 2. The first-order valence-electron chi connectivity index (χ1n) is 4.35. The van der Waals surface area contributed by atoms with E-state index in [-0.39, 0.29) is 12.5 Å². The first-order valence-corrected chi connectivity index (χ1v) is 4.35. The van der Waals surface area contributed by atoms with Gasteiger partial charge >= 0.3 is 0 Å². The quantitative estimate of drug-likeness (QED) is 0.640. The highest BCUT2D eigenvalue weighted by Crippen LogP contribution is 2.21. The molecule has 2 unspecified atom stereocenters. The molecule has 2 N–H and O–H groups in total. The van der Waals surface area contributed by atoms with Gasteiger partial charge in [0.25, 0.3) is 0 Å².